The van der Waals surface area contributed by atoms with Crippen molar-refractivity contribution in [3.8, 4) is 0 Å². The number of carbonyl (C=O) groups excluding carboxylic acids is 2. The van der Waals surface area contributed by atoms with Crippen LogP contribution >= 0.6 is 0 Å². The molecule has 0 unspecified atom stereocenters. The van der Waals surface area contributed by atoms with Gasteiger partial charge in [-0.3, -0.25) is 19.8 Å². The van der Waals surface area contributed by atoms with Gasteiger partial charge in [-0.05, 0) is 18.6 Å². The number of aryl methyl sites for hydroxylation is 1. The Morgan fingerprint density at radius 2 is 1.87 bits per heavy atom. The molecule has 1 amide bonds. The molecule has 3 rings (SSSR count). The van der Waals surface area contributed by atoms with Crippen molar-refractivity contribution < 1.29 is 19.2 Å². The molecule has 1 aliphatic heterocycles. The number of nitro benzene ring substituents is 1. The first-order chi connectivity index (χ1) is 14.3. The highest BCUT2D eigenvalue weighted by atomic mass is 16.6. The normalized spacial score (nSPS) is 14.4. The highest BCUT2D eigenvalue weighted by Gasteiger charge is 2.23. The average molecular weight is 412 g/mol. The molecule has 1 saturated heterocycles. The number of non-ortho nitro benzene ring substituents is 1. The predicted octanol–water partition coefficient (Wildman–Crippen LogP) is 1.99. The van der Waals surface area contributed by atoms with Gasteiger partial charge in [-0.1, -0.05) is 29.8 Å². The molecule has 0 aromatic heterocycles. The molecule has 0 saturated carbocycles. The minimum atomic E-state index is -0.783. The van der Waals surface area contributed by atoms with Crippen LogP contribution in [-0.4, -0.2) is 59.4 Å². The Labute approximate surface area is 174 Å². The van der Waals surface area contributed by atoms with Gasteiger partial charge < -0.3 is 15.4 Å². The molecule has 1 aliphatic rings. The maximum Gasteiger partial charge on any atom is 0.340 e. The highest BCUT2D eigenvalue weighted by molar-refractivity contribution is 5.96. The summed E-state index contributed by atoms with van der Waals surface area (Å²) in [7, 11) is 0. The number of amides is 1. The van der Waals surface area contributed by atoms with E-state index in [-0.39, 0.29) is 22.8 Å². The van der Waals surface area contributed by atoms with Crippen LogP contribution in [0.4, 0.5) is 11.4 Å². The zero-order chi connectivity index (χ0) is 21.7. The van der Waals surface area contributed by atoms with Gasteiger partial charge in [0.1, 0.15) is 0 Å². The second-order valence-corrected chi connectivity index (χ2v) is 7.25. The molecular formula is C21H24N4O5. The Morgan fingerprint density at radius 3 is 2.50 bits per heavy atom. The number of nitrogens with two attached hydrogens (primary N) is 1. The van der Waals surface area contributed by atoms with Crippen LogP contribution in [0, 0.1) is 17.0 Å². The van der Waals surface area contributed by atoms with Crippen LogP contribution in [-0.2, 0) is 16.1 Å². The number of hydrogen-bond acceptors (Lipinski definition) is 7. The number of benzene rings is 2. The molecular weight excluding hydrogens is 388 g/mol. The minimum Gasteiger partial charge on any atom is -0.452 e. The molecule has 1 heterocycles. The average Bonchev–Trinajstić information content (AvgIpc) is 2.72. The summed E-state index contributed by atoms with van der Waals surface area (Å²) >= 11 is 0. The topological polar surface area (TPSA) is 119 Å². The molecule has 0 bridgehead atoms. The molecule has 158 valence electrons. The van der Waals surface area contributed by atoms with Crippen molar-refractivity contribution in [2.24, 2.45) is 0 Å². The Morgan fingerprint density at radius 1 is 1.13 bits per heavy atom. The lowest BCUT2D eigenvalue weighted by Crippen LogP contribution is -2.49. The third kappa shape index (κ3) is 5.32. The first kappa shape index (κ1) is 21.3. The van der Waals surface area contributed by atoms with Gasteiger partial charge in [0.25, 0.3) is 11.6 Å². The monoisotopic (exact) mass is 412 g/mol. The molecule has 30 heavy (non-hydrogen) atoms. The lowest BCUT2D eigenvalue weighted by atomic mass is 10.1. The van der Waals surface area contributed by atoms with E-state index in [9.17, 15) is 19.7 Å². The predicted molar refractivity (Wildman–Crippen MR) is 111 cm³/mol. The summed E-state index contributed by atoms with van der Waals surface area (Å²) in [6, 6.07) is 11.8. The second-order valence-electron chi connectivity index (χ2n) is 7.25. The lowest BCUT2D eigenvalue weighted by molar-refractivity contribution is -0.384. The first-order valence-electron chi connectivity index (χ1n) is 9.60. The third-order valence-corrected chi connectivity index (χ3v) is 5.01. The number of hydrogen-bond donors (Lipinski definition) is 1. The van der Waals surface area contributed by atoms with E-state index in [1.54, 1.807) is 4.90 Å². The molecule has 0 aliphatic carbocycles. The van der Waals surface area contributed by atoms with Gasteiger partial charge in [0.2, 0.25) is 0 Å². The Bertz CT molecular complexity index is 954. The number of nitrogen functional groups attached to an aromatic ring is 1. The second kappa shape index (κ2) is 9.36. The van der Waals surface area contributed by atoms with E-state index in [0.717, 1.165) is 25.7 Å². The van der Waals surface area contributed by atoms with Crippen LogP contribution in [0.15, 0.2) is 42.5 Å². The van der Waals surface area contributed by atoms with Crippen molar-refractivity contribution in [2.45, 2.75) is 13.5 Å². The van der Waals surface area contributed by atoms with Crippen molar-refractivity contribution in [1.29, 1.82) is 0 Å². The van der Waals surface area contributed by atoms with Gasteiger partial charge >= 0.3 is 5.97 Å². The summed E-state index contributed by atoms with van der Waals surface area (Å²) in [4.78, 5) is 38.6. The Hall–Kier alpha value is -3.46. The van der Waals surface area contributed by atoms with Gasteiger partial charge in [0.05, 0.1) is 16.2 Å². The molecule has 2 aromatic rings. The van der Waals surface area contributed by atoms with E-state index in [0.29, 0.717) is 13.1 Å². The minimum absolute atomic E-state index is 0.00336. The van der Waals surface area contributed by atoms with Gasteiger partial charge in [-0.25, -0.2) is 4.79 Å². The van der Waals surface area contributed by atoms with Gasteiger partial charge in [0.15, 0.2) is 6.61 Å². The van der Waals surface area contributed by atoms with Gasteiger partial charge in [0, 0.05) is 44.9 Å². The summed E-state index contributed by atoms with van der Waals surface area (Å²) in [6.45, 7) is 5.09. The Kier molecular flexibility index (Phi) is 6.63. The molecule has 0 spiro atoms. The van der Waals surface area contributed by atoms with E-state index >= 15 is 0 Å². The van der Waals surface area contributed by atoms with Crippen molar-refractivity contribution >= 4 is 23.3 Å². The van der Waals surface area contributed by atoms with E-state index in [1.807, 2.05) is 6.07 Å². The molecule has 2 aromatic carbocycles. The Balaban J connectivity index is 1.47. The smallest absolute Gasteiger partial charge is 0.340 e. The molecule has 9 nitrogen and oxygen atoms in total. The molecule has 9 heteroatoms. The summed E-state index contributed by atoms with van der Waals surface area (Å²) in [5.41, 5.74) is 7.86. The summed E-state index contributed by atoms with van der Waals surface area (Å²) in [6.07, 6.45) is 0. The van der Waals surface area contributed by atoms with Crippen LogP contribution in [0.25, 0.3) is 0 Å². The number of anilines is 1. The van der Waals surface area contributed by atoms with E-state index in [2.05, 4.69) is 30.0 Å². The van der Waals surface area contributed by atoms with Gasteiger partial charge in [-0.2, -0.15) is 0 Å². The molecule has 0 atom stereocenters. The fourth-order valence-electron chi connectivity index (χ4n) is 3.37. The number of rotatable bonds is 6. The van der Waals surface area contributed by atoms with Crippen molar-refractivity contribution in [1.82, 2.24) is 9.80 Å². The van der Waals surface area contributed by atoms with Crippen LogP contribution in [0.1, 0.15) is 21.5 Å². The largest absolute Gasteiger partial charge is 0.452 e. The van der Waals surface area contributed by atoms with Crippen molar-refractivity contribution in [2.75, 3.05) is 38.5 Å². The zero-order valence-corrected chi connectivity index (χ0v) is 16.7. The SMILES string of the molecule is Cc1cccc(CN2CCN(C(=O)COC(=O)c3ccc([N+](=O)[O-])cc3N)CC2)c1. The van der Waals surface area contributed by atoms with E-state index < -0.39 is 17.5 Å². The molecule has 1 fully saturated rings. The van der Waals surface area contributed by atoms with Crippen molar-refractivity contribution in [3.05, 3.63) is 69.3 Å². The maximum atomic E-state index is 12.4. The first-order valence-corrected chi connectivity index (χ1v) is 9.60. The fraction of sp³-hybridized carbons (Fsp3) is 0.333. The fourth-order valence-corrected chi connectivity index (χ4v) is 3.37. The number of nitrogens with zero attached hydrogens (tertiary/aromatic N) is 3. The lowest BCUT2D eigenvalue weighted by Gasteiger charge is -2.34. The van der Waals surface area contributed by atoms with Crippen LogP contribution in [0.5, 0.6) is 0 Å². The van der Waals surface area contributed by atoms with Crippen LogP contribution in [0.2, 0.25) is 0 Å². The number of ether oxygens (including phenoxy) is 1. The molecule has 0 radical (unpaired) electrons. The van der Waals surface area contributed by atoms with Crippen LogP contribution in [0.3, 0.4) is 0 Å². The van der Waals surface area contributed by atoms with Gasteiger partial charge in [-0.15, -0.1) is 0 Å². The summed E-state index contributed by atoms with van der Waals surface area (Å²) in [5.74, 6) is -1.06. The highest BCUT2D eigenvalue weighted by Crippen LogP contribution is 2.20. The molecule has 2 N–H and O–H groups in total. The number of nitro groups is 1. The number of esters is 1. The van der Waals surface area contributed by atoms with Crippen molar-refractivity contribution in [3.63, 3.8) is 0 Å². The standard InChI is InChI=1S/C21H24N4O5/c1-15-3-2-4-16(11-15)13-23-7-9-24(10-8-23)20(26)14-30-21(27)18-6-5-17(25(28)29)12-19(18)22/h2-6,11-12H,7-10,13-14,22H2,1H3. The van der Waals surface area contributed by atoms with E-state index in [1.165, 1.54) is 23.3 Å². The zero-order valence-electron chi connectivity index (χ0n) is 16.7. The number of piperazine rings is 1. The van der Waals surface area contributed by atoms with Crippen LogP contribution < -0.4 is 5.73 Å². The van der Waals surface area contributed by atoms with E-state index in [4.69, 9.17) is 10.5 Å². The number of carbonyl (C=O) groups is 2. The summed E-state index contributed by atoms with van der Waals surface area (Å²) in [5, 5.41) is 10.7. The summed E-state index contributed by atoms with van der Waals surface area (Å²) < 4.78 is 5.07. The quantitative estimate of drug-likeness (QED) is 0.333. The third-order valence-electron chi connectivity index (χ3n) is 5.01. The maximum absolute atomic E-state index is 12.4.